The van der Waals surface area contributed by atoms with Crippen LogP contribution in [0.15, 0.2) is 28.7 Å². The lowest BCUT2D eigenvalue weighted by molar-refractivity contribution is -0.143. The Labute approximate surface area is 135 Å². The van der Waals surface area contributed by atoms with E-state index in [-0.39, 0.29) is 19.4 Å². The fourth-order valence-corrected chi connectivity index (χ4v) is 1.68. The van der Waals surface area contributed by atoms with Crippen LogP contribution in [0.5, 0.6) is 5.75 Å². The number of esters is 2. The molecule has 1 aromatic carbocycles. The molecule has 0 saturated heterocycles. The van der Waals surface area contributed by atoms with E-state index in [1.54, 1.807) is 24.3 Å². The number of ether oxygens (including phenoxy) is 2. The summed E-state index contributed by atoms with van der Waals surface area (Å²) in [6, 6.07) is 6.90. The molecule has 1 rings (SSSR count). The molecule has 0 aliphatic heterocycles. The molecule has 20 heavy (non-hydrogen) atoms. The molecule has 0 aliphatic carbocycles. The van der Waals surface area contributed by atoms with Gasteiger partial charge in [0.1, 0.15) is 17.2 Å². The largest absolute Gasteiger partial charge is 0.463 e. The van der Waals surface area contributed by atoms with E-state index in [1.807, 2.05) is 0 Å². The first kappa shape index (κ1) is 17.3. The molecule has 0 aliphatic rings. The van der Waals surface area contributed by atoms with Crippen molar-refractivity contribution in [3.05, 3.63) is 28.7 Å². The van der Waals surface area contributed by atoms with Crippen molar-refractivity contribution < 1.29 is 19.1 Å². The summed E-state index contributed by atoms with van der Waals surface area (Å²) in [6.45, 7) is -0.0503. The van der Waals surface area contributed by atoms with Gasteiger partial charge in [-0.2, -0.15) is 0 Å². The predicted octanol–water partition coefficient (Wildman–Crippen LogP) is 3.87. The quantitative estimate of drug-likeness (QED) is 0.407. The number of hydrogen-bond donors (Lipinski definition) is 0. The second kappa shape index (κ2) is 9.21. The second-order valence-corrected chi connectivity index (χ2v) is 6.05. The van der Waals surface area contributed by atoms with Crippen LogP contribution in [0.25, 0.3) is 0 Å². The maximum Gasteiger partial charge on any atom is 0.311 e. The summed E-state index contributed by atoms with van der Waals surface area (Å²) in [5.41, 5.74) is 0. The molecule has 0 atom stereocenters. The van der Waals surface area contributed by atoms with Crippen molar-refractivity contribution in [2.24, 2.45) is 0 Å². The SMILES string of the molecule is O=C(CCCC(=O)Oc1ccc(Br)cc1)OCC(Cl)Cl. The molecular formula is C13H13BrCl2O4. The van der Waals surface area contributed by atoms with E-state index in [2.05, 4.69) is 15.9 Å². The summed E-state index contributed by atoms with van der Waals surface area (Å²) in [7, 11) is 0. The van der Waals surface area contributed by atoms with Crippen LogP contribution < -0.4 is 4.74 Å². The van der Waals surface area contributed by atoms with Gasteiger partial charge in [0.25, 0.3) is 0 Å². The Balaban J connectivity index is 2.20. The van der Waals surface area contributed by atoms with Crippen LogP contribution in [-0.2, 0) is 14.3 Å². The summed E-state index contributed by atoms with van der Waals surface area (Å²) >= 11 is 14.1. The maximum absolute atomic E-state index is 11.5. The Morgan fingerprint density at radius 3 is 2.30 bits per heavy atom. The number of halogens is 3. The highest BCUT2D eigenvalue weighted by atomic mass is 79.9. The predicted molar refractivity (Wildman–Crippen MR) is 80.1 cm³/mol. The number of benzene rings is 1. The third-order valence-electron chi connectivity index (χ3n) is 2.18. The van der Waals surface area contributed by atoms with Crippen molar-refractivity contribution in [2.75, 3.05) is 6.61 Å². The third kappa shape index (κ3) is 7.72. The summed E-state index contributed by atoms with van der Waals surface area (Å²) in [6.07, 6.45) is 0.607. The molecule has 0 spiro atoms. The van der Waals surface area contributed by atoms with Gasteiger partial charge in [-0.15, -0.1) is 23.2 Å². The van der Waals surface area contributed by atoms with Crippen molar-refractivity contribution in [1.82, 2.24) is 0 Å². The highest BCUT2D eigenvalue weighted by molar-refractivity contribution is 9.10. The van der Waals surface area contributed by atoms with E-state index in [9.17, 15) is 9.59 Å². The van der Waals surface area contributed by atoms with Crippen molar-refractivity contribution in [2.45, 2.75) is 24.1 Å². The van der Waals surface area contributed by atoms with Gasteiger partial charge in [-0.1, -0.05) is 15.9 Å². The molecular weight excluding hydrogens is 371 g/mol. The van der Waals surface area contributed by atoms with Crippen LogP contribution in [0.3, 0.4) is 0 Å². The summed E-state index contributed by atoms with van der Waals surface area (Å²) < 4.78 is 10.8. The number of rotatable bonds is 7. The average molecular weight is 384 g/mol. The molecule has 0 amide bonds. The van der Waals surface area contributed by atoms with Gasteiger partial charge in [-0.05, 0) is 30.7 Å². The van der Waals surface area contributed by atoms with Crippen molar-refractivity contribution in [3.8, 4) is 5.75 Å². The molecule has 7 heteroatoms. The van der Waals surface area contributed by atoms with Crippen molar-refractivity contribution >= 4 is 51.1 Å². The Bertz CT molecular complexity index is 448. The van der Waals surface area contributed by atoms with E-state index >= 15 is 0 Å². The van der Waals surface area contributed by atoms with Crippen LogP contribution in [0.4, 0.5) is 0 Å². The molecule has 0 heterocycles. The van der Waals surface area contributed by atoms with Crippen LogP contribution in [0.2, 0.25) is 0 Å². The Hall–Kier alpha value is -0.780. The number of alkyl halides is 2. The molecule has 110 valence electrons. The van der Waals surface area contributed by atoms with Crippen LogP contribution in [-0.4, -0.2) is 23.4 Å². The van der Waals surface area contributed by atoms with Crippen LogP contribution in [0.1, 0.15) is 19.3 Å². The average Bonchev–Trinajstić information content (AvgIpc) is 2.39. The molecule has 0 bridgehead atoms. The highest BCUT2D eigenvalue weighted by Gasteiger charge is 2.09. The van der Waals surface area contributed by atoms with Crippen molar-refractivity contribution in [1.29, 1.82) is 0 Å². The third-order valence-corrected chi connectivity index (χ3v) is 2.96. The number of carbonyl (C=O) groups excluding carboxylic acids is 2. The lowest BCUT2D eigenvalue weighted by atomic mass is 10.2. The first-order valence-electron chi connectivity index (χ1n) is 5.87. The van der Waals surface area contributed by atoms with Gasteiger partial charge >= 0.3 is 11.9 Å². The number of carbonyl (C=O) groups is 2. The fourth-order valence-electron chi connectivity index (χ4n) is 1.29. The van der Waals surface area contributed by atoms with E-state index in [0.29, 0.717) is 12.2 Å². The lowest BCUT2D eigenvalue weighted by Gasteiger charge is -2.05. The molecule has 0 aromatic heterocycles. The normalized spacial score (nSPS) is 10.4. The number of hydrogen-bond acceptors (Lipinski definition) is 4. The first-order valence-corrected chi connectivity index (χ1v) is 7.54. The van der Waals surface area contributed by atoms with Crippen molar-refractivity contribution in [3.63, 3.8) is 0 Å². The standard InChI is InChI=1S/C13H13BrCl2O4/c14-9-4-6-10(7-5-9)20-13(18)3-1-2-12(17)19-8-11(15)16/h4-7,11H,1-3,8H2. The minimum Gasteiger partial charge on any atom is -0.463 e. The minimum atomic E-state index is -0.735. The van der Waals surface area contributed by atoms with E-state index < -0.39 is 16.8 Å². The maximum atomic E-state index is 11.5. The fraction of sp³-hybridized carbons (Fsp3) is 0.385. The summed E-state index contributed by atoms with van der Waals surface area (Å²) in [5, 5.41) is 0. The Morgan fingerprint density at radius 2 is 1.70 bits per heavy atom. The van der Waals surface area contributed by atoms with Gasteiger partial charge in [0, 0.05) is 17.3 Å². The molecule has 0 fully saturated rings. The van der Waals surface area contributed by atoms with Gasteiger partial charge in [-0.3, -0.25) is 9.59 Å². The Kier molecular flexibility index (Phi) is 7.95. The zero-order valence-electron chi connectivity index (χ0n) is 10.5. The van der Waals surface area contributed by atoms with Crippen LogP contribution >= 0.6 is 39.1 Å². The smallest absolute Gasteiger partial charge is 0.311 e. The van der Waals surface area contributed by atoms with Crippen LogP contribution in [0, 0.1) is 0 Å². The zero-order chi connectivity index (χ0) is 15.0. The molecule has 0 saturated carbocycles. The topological polar surface area (TPSA) is 52.6 Å². The second-order valence-electron chi connectivity index (χ2n) is 3.86. The van der Waals surface area contributed by atoms with Gasteiger partial charge in [0.15, 0.2) is 0 Å². The molecule has 1 aromatic rings. The van der Waals surface area contributed by atoms with Gasteiger partial charge in [-0.25, -0.2) is 0 Å². The molecule has 0 unspecified atom stereocenters. The highest BCUT2D eigenvalue weighted by Crippen LogP contribution is 2.16. The first-order chi connectivity index (χ1) is 9.47. The minimum absolute atomic E-state index is 0.0503. The van der Waals surface area contributed by atoms with Gasteiger partial charge < -0.3 is 9.47 Å². The summed E-state index contributed by atoms with van der Waals surface area (Å²) in [4.78, 5) is 22.0. The Morgan fingerprint density at radius 1 is 1.10 bits per heavy atom. The monoisotopic (exact) mass is 382 g/mol. The summed E-state index contributed by atoms with van der Waals surface area (Å²) in [5.74, 6) is -0.367. The zero-order valence-corrected chi connectivity index (χ0v) is 13.6. The van der Waals surface area contributed by atoms with Gasteiger partial charge in [0.05, 0.1) is 0 Å². The lowest BCUT2D eigenvalue weighted by Crippen LogP contribution is -2.12. The molecule has 0 N–H and O–H groups in total. The van der Waals surface area contributed by atoms with E-state index in [4.69, 9.17) is 32.7 Å². The van der Waals surface area contributed by atoms with E-state index in [1.165, 1.54) is 0 Å². The van der Waals surface area contributed by atoms with Gasteiger partial charge in [0.2, 0.25) is 0 Å². The molecule has 0 radical (unpaired) electrons. The van der Waals surface area contributed by atoms with E-state index in [0.717, 1.165) is 4.47 Å². The molecule has 4 nitrogen and oxygen atoms in total.